The van der Waals surface area contributed by atoms with Crippen molar-refractivity contribution in [3.05, 3.63) is 108 Å². The fraction of sp³-hybridized carbons (Fsp3) is 0.100. The molecule has 6 aromatic rings. The number of rotatable bonds is 6. The van der Waals surface area contributed by atoms with E-state index in [-0.39, 0.29) is 34.9 Å². The normalized spacial score (nSPS) is 11.6. The lowest BCUT2D eigenvalue weighted by Crippen LogP contribution is -2.19. The summed E-state index contributed by atoms with van der Waals surface area (Å²) in [6.45, 7) is 1.71. The Labute approximate surface area is 236 Å². The molecule has 12 heteroatoms. The van der Waals surface area contributed by atoms with Crippen molar-refractivity contribution in [1.29, 1.82) is 0 Å². The molecule has 0 saturated carbocycles. The molecule has 1 amide bonds. The molecule has 0 aliphatic carbocycles. The summed E-state index contributed by atoms with van der Waals surface area (Å²) < 4.78 is 49.8. The lowest BCUT2D eigenvalue weighted by molar-refractivity contribution is -0.142. The van der Waals surface area contributed by atoms with Gasteiger partial charge in [-0.25, -0.2) is 19.0 Å². The van der Waals surface area contributed by atoms with Gasteiger partial charge in [-0.15, -0.1) is 0 Å². The number of amides is 1. The highest BCUT2D eigenvalue weighted by Gasteiger charge is 2.36. The standard InChI is InChI=1S/C30H21F3N6O3/c1-2-42-29(41)23-17-34-38(19-11-4-3-5-12-19)27(23)37-28(40)22-16-35-39-25(30(31,32)33)15-24(36-26(22)39)21-14-8-10-18-9-6-7-13-20(18)21/h3-17H,2H2,1H3,(H,37,40). The van der Waals surface area contributed by atoms with E-state index >= 15 is 0 Å². The molecule has 6 rings (SSSR count). The molecule has 42 heavy (non-hydrogen) atoms. The van der Waals surface area contributed by atoms with E-state index < -0.39 is 23.7 Å². The summed E-state index contributed by atoms with van der Waals surface area (Å²) in [4.78, 5) is 30.8. The Hall–Kier alpha value is -5.52. The quantitative estimate of drug-likeness (QED) is 0.240. The predicted octanol–water partition coefficient (Wildman–Crippen LogP) is 6.18. The Morgan fingerprint density at radius 3 is 2.38 bits per heavy atom. The van der Waals surface area contributed by atoms with Crippen LogP contribution in [0.15, 0.2) is 91.3 Å². The zero-order chi connectivity index (χ0) is 29.4. The van der Waals surface area contributed by atoms with E-state index in [1.807, 2.05) is 18.2 Å². The molecule has 9 nitrogen and oxygen atoms in total. The fourth-order valence-electron chi connectivity index (χ4n) is 4.68. The second kappa shape index (κ2) is 10.5. The van der Waals surface area contributed by atoms with Gasteiger partial charge in [0.2, 0.25) is 0 Å². The van der Waals surface area contributed by atoms with E-state index in [0.717, 1.165) is 17.6 Å². The molecule has 3 heterocycles. The number of hydrogen-bond donors (Lipinski definition) is 1. The molecule has 0 fully saturated rings. The monoisotopic (exact) mass is 570 g/mol. The van der Waals surface area contributed by atoms with Crippen molar-refractivity contribution in [2.24, 2.45) is 0 Å². The second-order valence-corrected chi connectivity index (χ2v) is 9.17. The van der Waals surface area contributed by atoms with Crippen molar-refractivity contribution in [2.75, 3.05) is 11.9 Å². The molecule has 1 N–H and O–H groups in total. The zero-order valence-electron chi connectivity index (χ0n) is 22.0. The third kappa shape index (κ3) is 4.72. The van der Waals surface area contributed by atoms with Crippen molar-refractivity contribution in [3.8, 4) is 16.9 Å². The number of aromatic nitrogens is 5. The molecule has 0 bridgehead atoms. The molecule has 3 aromatic carbocycles. The van der Waals surface area contributed by atoms with Gasteiger partial charge in [0.25, 0.3) is 5.91 Å². The lowest BCUT2D eigenvalue weighted by Gasteiger charge is -2.13. The highest BCUT2D eigenvalue weighted by molar-refractivity contribution is 6.10. The number of carbonyl (C=O) groups excluding carboxylic acids is 2. The second-order valence-electron chi connectivity index (χ2n) is 9.17. The minimum Gasteiger partial charge on any atom is -0.462 e. The van der Waals surface area contributed by atoms with Crippen LogP contribution in [-0.4, -0.2) is 42.9 Å². The Kier molecular flexibility index (Phi) is 6.65. The number of fused-ring (bicyclic) bond motifs is 2. The molecule has 0 aliphatic rings. The van der Waals surface area contributed by atoms with Crippen LogP contribution in [0.4, 0.5) is 19.0 Å². The van der Waals surface area contributed by atoms with Crippen LogP contribution >= 0.6 is 0 Å². The maximum absolute atomic E-state index is 14.2. The summed E-state index contributed by atoms with van der Waals surface area (Å²) in [5.74, 6) is -1.60. The van der Waals surface area contributed by atoms with E-state index in [9.17, 15) is 22.8 Å². The number of anilines is 1. The third-order valence-electron chi connectivity index (χ3n) is 6.57. The third-order valence-corrected chi connectivity index (χ3v) is 6.57. The highest BCUT2D eigenvalue weighted by Crippen LogP contribution is 2.35. The van der Waals surface area contributed by atoms with Crippen LogP contribution in [0.1, 0.15) is 33.3 Å². The molecule has 0 radical (unpaired) electrons. The van der Waals surface area contributed by atoms with Crippen LogP contribution in [0.3, 0.4) is 0 Å². The molecule has 0 spiro atoms. The summed E-state index contributed by atoms with van der Waals surface area (Å²) in [5.41, 5.74) is -0.684. The number of para-hydroxylation sites is 1. The minimum absolute atomic E-state index is 0.0164. The Balaban J connectivity index is 1.49. The first-order chi connectivity index (χ1) is 20.3. The number of nitrogens with one attached hydrogen (secondary N) is 1. The SMILES string of the molecule is CCOC(=O)c1cnn(-c2ccccc2)c1NC(=O)c1cnn2c(C(F)(F)F)cc(-c3cccc4ccccc34)nc12. The topological polar surface area (TPSA) is 103 Å². The van der Waals surface area contributed by atoms with Gasteiger partial charge in [0.1, 0.15) is 11.1 Å². The Bertz CT molecular complexity index is 1960. The van der Waals surface area contributed by atoms with E-state index in [1.54, 1.807) is 61.5 Å². The number of carbonyl (C=O) groups is 2. The summed E-state index contributed by atoms with van der Waals surface area (Å²) in [6, 6.07) is 22.1. The van der Waals surface area contributed by atoms with Gasteiger partial charge in [0.05, 0.1) is 30.4 Å². The smallest absolute Gasteiger partial charge is 0.433 e. The molecule has 0 unspecified atom stereocenters. The highest BCUT2D eigenvalue weighted by atomic mass is 19.4. The van der Waals surface area contributed by atoms with Crippen LogP contribution in [0.2, 0.25) is 0 Å². The van der Waals surface area contributed by atoms with Crippen molar-refractivity contribution in [3.63, 3.8) is 0 Å². The van der Waals surface area contributed by atoms with E-state index in [2.05, 4.69) is 20.5 Å². The lowest BCUT2D eigenvalue weighted by atomic mass is 10.0. The fourth-order valence-corrected chi connectivity index (χ4v) is 4.68. The van der Waals surface area contributed by atoms with Crippen LogP contribution < -0.4 is 5.32 Å². The number of esters is 1. The Morgan fingerprint density at radius 1 is 0.905 bits per heavy atom. The van der Waals surface area contributed by atoms with Gasteiger partial charge in [-0.3, -0.25) is 4.79 Å². The summed E-state index contributed by atoms with van der Waals surface area (Å²) in [6.07, 6.45) is -2.55. The number of nitrogens with zero attached hydrogens (tertiary/aromatic N) is 5. The number of alkyl halides is 3. The number of ether oxygens (including phenoxy) is 1. The first kappa shape index (κ1) is 26.7. The van der Waals surface area contributed by atoms with E-state index in [0.29, 0.717) is 21.2 Å². The van der Waals surface area contributed by atoms with E-state index in [1.165, 1.54) is 10.9 Å². The molecule has 0 atom stereocenters. The van der Waals surface area contributed by atoms with Crippen LogP contribution in [0, 0.1) is 0 Å². The van der Waals surface area contributed by atoms with Crippen LogP contribution in [-0.2, 0) is 10.9 Å². The molecular weight excluding hydrogens is 549 g/mol. The molecule has 210 valence electrons. The molecule has 3 aromatic heterocycles. The van der Waals surface area contributed by atoms with Gasteiger partial charge < -0.3 is 10.1 Å². The first-order valence-corrected chi connectivity index (χ1v) is 12.8. The minimum atomic E-state index is -4.80. The van der Waals surface area contributed by atoms with Gasteiger partial charge in [-0.1, -0.05) is 60.7 Å². The average Bonchev–Trinajstić information content (AvgIpc) is 3.61. The van der Waals surface area contributed by atoms with Crippen molar-refractivity contribution >= 4 is 34.1 Å². The largest absolute Gasteiger partial charge is 0.462 e. The maximum atomic E-state index is 14.2. The maximum Gasteiger partial charge on any atom is 0.433 e. The zero-order valence-corrected chi connectivity index (χ0v) is 22.0. The summed E-state index contributed by atoms with van der Waals surface area (Å²) in [5, 5.41) is 12.2. The van der Waals surface area contributed by atoms with Gasteiger partial charge >= 0.3 is 12.1 Å². The Morgan fingerprint density at radius 2 is 1.62 bits per heavy atom. The summed E-state index contributed by atoms with van der Waals surface area (Å²) in [7, 11) is 0. The number of benzene rings is 3. The number of hydrogen-bond acceptors (Lipinski definition) is 6. The number of halogens is 3. The van der Waals surface area contributed by atoms with Crippen molar-refractivity contribution in [2.45, 2.75) is 13.1 Å². The van der Waals surface area contributed by atoms with Gasteiger partial charge in [-0.05, 0) is 35.9 Å². The molecular formula is C30H21F3N6O3. The van der Waals surface area contributed by atoms with Gasteiger partial charge in [0, 0.05) is 5.56 Å². The predicted molar refractivity (Wildman–Crippen MR) is 148 cm³/mol. The van der Waals surface area contributed by atoms with Crippen LogP contribution in [0.25, 0.3) is 33.4 Å². The van der Waals surface area contributed by atoms with Gasteiger partial charge in [-0.2, -0.15) is 23.4 Å². The molecule has 0 saturated heterocycles. The van der Waals surface area contributed by atoms with Crippen LogP contribution in [0.5, 0.6) is 0 Å². The van der Waals surface area contributed by atoms with Crippen molar-refractivity contribution in [1.82, 2.24) is 24.4 Å². The first-order valence-electron chi connectivity index (χ1n) is 12.8. The molecule has 0 aliphatic heterocycles. The average molecular weight is 571 g/mol. The van der Waals surface area contributed by atoms with Gasteiger partial charge in [0.15, 0.2) is 17.2 Å². The van der Waals surface area contributed by atoms with Crippen molar-refractivity contribution < 1.29 is 27.5 Å². The van der Waals surface area contributed by atoms with E-state index in [4.69, 9.17) is 4.74 Å². The summed E-state index contributed by atoms with van der Waals surface area (Å²) >= 11 is 0.